The van der Waals surface area contributed by atoms with Crippen molar-refractivity contribution in [2.75, 3.05) is 18.4 Å². The molecule has 0 radical (unpaired) electrons. The first-order chi connectivity index (χ1) is 15.8. The first-order valence-electron chi connectivity index (χ1n) is 10.3. The minimum absolute atomic E-state index is 0. The number of thiazole rings is 1. The Morgan fingerprint density at radius 3 is 2.61 bits per heavy atom. The van der Waals surface area contributed by atoms with Gasteiger partial charge in [0.1, 0.15) is 5.75 Å². The fourth-order valence-electron chi connectivity index (χ4n) is 3.30. The Kier molecular flexibility index (Phi) is 7.26. The van der Waals surface area contributed by atoms with E-state index in [1.165, 1.54) is 0 Å². The van der Waals surface area contributed by atoms with Crippen molar-refractivity contribution in [1.82, 2.24) is 4.98 Å². The van der Waals surface area contributed by atoms with Gasteiger partial charge in [-0.2, -0.15) is 5.10 Å². The van der Waals surface area contributed by atoms with Crippen molar-refractivity contribution in [2.24, 2.45) is 5.10 Å². The normalized spacial score (nSPS) is 11.9. The van der Waals surface area contributed by atoms with Gasteiger partial charge < -0.3 is 14.2 Å². The first-order valence-corrected chi connectivity index (χ1v) is 11.2. The predicted molar refractivity (Wildman–Crippen MR) is 138 cm³/mol. The summed E-state index contributed by atoms with van der Waals surface area (Å²) >= 11 is 1.54. The molecule has 1 aliphatic rings. The van der Waals surface area contributed by atoms with Crippen molar-refractivity contribution in [3.05, 3.63) is 83.7 Å². The largest absolute Gasteiger partial charge is 0.494 e. The van der Waals surface area contributed by atoms with E-state index in [1.54, 1.807) is 17.6 Å². The van der Waals surface area contributed by atoms with Gasteiger partial charge in [0.25, 0.3) is 0 Å². The molecule has 1 aromatic heterocycles. The van der Waals surface area contributed by atoms with Crippen molar-refractivity contribution in [1.29, 1.82) is 0 Å². The molecule has 0 saturated carbocycles. The summed E-state index contributed by atoms with van der Waals surface area (Å²) in [5.74, 6) is 2.33. The van der Waals surface area contributed by atoms with Crippen molar-refractivity contribution >= 4 is 45.4 Å². The van der Waals surface area contributed by atoms with Crippen LogP contribution < -0.4 is 19.2 Å². The summed E-state index contributed by atoms with van der Waals surface area (Å²) in [5.41, 5.74) is 3.77. The van der Waals surface area contributed by atoms with Crippen LogP contribution in [0.1, 0.15) is 12.5 Å². The molecule has 0 atom stereocenters. The molecule has 2 heterocycles. The van der Waals surface area contributed by atoms with E-state index in [9.17, 15) is 0 Å². The molecular weight excluding hydrogens is 502 g/mol. The minimum Gasteiger partial charge on any atom is -0.494 e. The van der Waals surface area contributed by atoms with E-state index in [1.807, 2.05) is 90.1 Å². The summed E-state index contributed by atoms with van der Waals surface area (Å²) < 4.78 is 16.4. The quantitative estimate of drug-likeness (QED) is 0.199. The number of nitrogens with zero attached hydrogens (tertiary/aromatic N) is 3. The van der Waals surface area contributed by atoms with Crippen LogP contribution in [-0.4, -0.2) is 24.6 Å². The number of para-hydroxylation sites is 1. The van der Waals surface area contributed by atoms with Gasteiger partial charge in [0.05, 0.1) is 24.2 Å². The van der Waals surface area contributed by atoms with Gasteiger partial charge in [-0.1, -0.05) is 18.2 Å². The van der Waals surface area contributed by atoms with Gasteiger partial charge in [-0.05, 0) is 67.1 Å². The van der Waals surface area contributed by atoms with Gasteiger partial charge in [0.2, 0.25) is 11.9 Å². The summed E-state index contributed by atoms with van der Waals surface area (Å²) in [7, 11) is 0. The lowest BCUT2D eigenvalue weighted by molar-refractivity contribution is 0.174. The van der Waals surface area contributed by atoms with Crippen LogP contribution in [0.4, 0.5) is 10.8 Å². The Morgan fingerprint density at radius 2 is 1.82 bits per heavy atom. The molecule has 0 amide bonds. The third kappa shape index (κ3) is 5.18. The Labute approximate surface area is 206 Å². The highest BCUT2D eigenvalue weighted by Gasteiger charge is 2.15. The maximum absolute atomic E-state index is 5.54. The number of rotatable bonds is 7. The number of benzene rings is 3. The van der Waals surface area contributed by atoms with Gasteiger partial charge in [-0.3, -0.25) is 0 Å². The number of hydrogen-bond acceptors (Lipinski definition) is 7. The Hall–Kier alpha value is -3.36. The molecule has 5 rings (SSSR count). The summed E-state index contributed by atoms with van der Waals surface area (Å²) in [5, 5.41) is 9.40. The molecule has 8 heteroatoms. The SMILES string of the molecule is Br.CCOc1ccc(-c2csc(N(/N=C/c3ccc4c(c3)OCO4)c3ccccc3)n2)cc1. The Bertz CT molecular complexity index is 1230. The van der Waals surface area contributed by atoms with Crippen LogP contribution in [0, 0.1) is 0 Å². The fourth-order valence-corrected chi connectivity index (χ4v) is 4.11. The number of halogens is 1. The highest BCUT2D eigenvalue weighted by molar-refractivity contribution is 8.93. The average Bonchev–Trinajstić information content (AvgIpc) is 3.50. The second kappa shape index (κ2) is 10.5. The zero-order valence-electron chi connectivity index (χ0n) is 17.9. The lowest BCUT2D eigenvalue weighted by Crippen LogP contribution is -2.09. The zero-order chi connectivity index (χ0) is 21.8. The monoisotopic (exact) mass is 523 g/mol. The van der Waals surface area contributed by atoms with Gasteiger partial charge in [0, 0.05) is 10.9 Å². The lowest BCUT2D eigenvalue weighted by Gasteiger charge is -2.15. The molecule has 168 valence electrons. The van der Waals surface area contributed by atoms with E-state index in [2.05, 4.69) is 0 Å². The van der Waals surface area contributed by atoms with Crippen LogP contribution in [0.25, 0.3) is 11.3 Å². The average molecular weight is 524 g/mol. The molecular formula is C25H22BrN3O3S. The minimum atomic E-state index is 0. The van der Waals surface area contributed by atoms with Crippen LogP contribution in [0.5, 0.6) is 17.2 Å². The standard InChI is InChI=1S/C25H21N3O3S.BrH/c1-2-29-21-11-9-19(10-12-21)22-16-32-25(27-22)28(20-6-4-3-5-7-20)26-15-18-8-13-23-24(14-18)31-17-30-23;/h3-16H,2,17H2,1H3;1H/b26-15+;. The topological polar surface area (TPSA) is 56.2 Å². The predicted octanol–water partition coefficient (Wildman–Crippen LogP) is 6.69. The van der Waals surface area contributed by atoms with Crippen LogP contribution in [-0.2, 0) is 0 Å². The molecule has 4 aromatic rings. The number of aromatic nitrogens is 1. The van der Waals surface area contributed by atoms with E-state index in [0.29, 0.717) is 6.61 Å². The van der Waals surface area contributed by atoms with Crippen molar-refractivity contribution < 1.29 is 14.2 Å². The zero-order valence-corrected chi connectivity index (χ0v) is 20.4. The van der Waals surface area contributed by atoms with Gasteiger partial charge in [0.15, 0.2) is 11.5 Å². The molecule has 0 fully saturated rings. The molecule has 6 nitrogen and oxygen atoms in total. The van der Waals surface area contributed by atoms with Gasteiger partial charge in [-0.15, -0.1) is 28.3 Å². The smallest absolute Gasteiger partial charge is 0.231 e. The number of anilines is 2. The molecule has 0 bridgehead atoms. The Morgan fingerprint density at radius 1 is 1.03 bits per heavy atom. The highest BCUT2D eigenvalue weighted by atomic mass is 79.9. The van der Waals surface area contributed by atoms with E-state index in [4.69, 9.17) is 24.3 Å². The first kappa shape index (κ1) is 22.8. The molecule has 0 aliphatic carbocycles. The van der Waals surface area contributed by atoms with Crippen molar-refractivity contribution in [2.45, 2.75) is 6.92 Å². The van der Waals surface area contributed by atoms with E-state index in [0.717, 1.165) is 44.9 Å². The van der Waals surface area contributed by atoms with Crippen molar-refractivity contribution in [3.63, 3.8) is 0 Å². The third-order valence-electron chi connectivity index (χ3n) is 4.85. The lowest BCUT2D eigenvalue weighted by atomic mass is 10.2. The van der Waals surface area contributed by atoms with Gasteiger partial charge >= 0.3 is 0 Å². The van der Waals surface area contributed by atoms with Crippen LogP contribution in [0.2, 0.25) is 0 Å². The molecule has 1 aliphatic heterocycles. The van der Waals surface area contributed by atoms with E-state index >= 15 is 0 Å². The van der Waals surface area contributed by atoms with Crippen LogP contribution in [0.3, 0.4) is 0 Å². The van der Waals surface area contributed by atoms with E-state index in [-0.39, 0.29) is 23.8 Å². The summed E-state index contributed by atoms with van der Waals surface area (Å²) in [6.07, 6.45) is 1.80. The second-order valence-electron chi connectivity index (χ2n) is 6.98. The Balaban J connectivity index is 0.00000259. The van der Waals surface area contributed by atoms with Crippen LogP contribution in [0.15, 0.2) is 83.3 Å². The van der Waals surface area contributed by atoms with Crippen LogP contribution >= 0.6 is 28.3 Å². The second-order valence-corrected chi connectivity index (χ2v) is 7.81. The summed E-state index contributed by atoms with van der Waals surface area (Å²) in [4.78, 5) is 4.85. The van der Waals surface area contributed by atoms with Gasteiger partial charge in [-0.25, -0.2) is 9.99 Å². The third-order valence-corrected chi connectivity index (χ3v) is 5.67. The summed E-state index contributed by atoms with van der Waals surface area (Å²) in [6.45, 7) is 2.87. The van der Waals surface area contributed by atoms with E-state index < -0.39 is 0 Å². The highest BCUT2D eigenvalue weighted by Crippen LogP contribution is 2.34. The fraction of sp³-hybridized carbons (Fsp3) is 0.120. The number of ether oxygens (including phenoxy) is 3. The molecule has 0 unspecified atom stereocenters. The molecule has 0 spiro atoms. The molecule has 0 saturated heterocycles. The number of hydrazone groups is 1. The number of fused-ring (bicyclic) bond motifs is 1. The molecule has 33 heavy (non-hydrogen) atoms. The number of hydrogen-bond donors (Lipinski definition) is 0. The van der Waals surface area contributed by atoms with Crippen molar-refractivity contribution in [3.8, 4) is 28.5 Å². The maximum Gasteiger partial charge on any atom is 0.231 e. The maximum atomic E-state index is 5.54. The molecule has 3 aromatic carbocycles. The molecule has 0 N–H and O–H groups in total. The summed E-state index contributed by atoms with van der Waals surface area (Å²) in [6, 6.07) is 23.7.